The maximum atomic E-state index is 13.9. The van der Waals surface area contributed by atoms with Crippen LogP contribution in [0.5, 0.6) is 0 Å². The van der Waals surface area contributed by atoms with Crippen LogP contribution in [0.3, 0.4) is 0 Å². The van der Waals surface area contributed by atoms with Crippen molar-refractivity contribution in [3.63, 3.8) is 0 Å². The molecule has 0 amide bonds. The van der Waals surface area contributed by atoms with E-state index < -0.39 is 0 Å². The van der Waals surface area contributed by atoms with Crippen molar-refractivity contribution >= 4 is 11.0 Å². The highest BCUT2D eigenvalue weighted by atomic mass is 19.1. The molecule has 0 bridgehead atoms. The Bertz CT molecular complexity index is 1390. The molecule has 0 aliphatic heterocycles. The molecular formula is C24H19FN4O2. The maximum Gasteiger partial charge on any atom is 0.254 e. The molecule has 5 rings (SSSR count). The monoisotopic (exact) mass is 414 g/mol. The molecule has 31 heavy (non-hydrogen) atoms. The SMILES string of the molecule is O=c1[nH]c2c(cc1CNCc1ccco1)c(-c1cccc(F)c1)nn2-c1ccccc1. The molecule has 7 heteroatoms. The van der Waals surface area contributed by atoms with Crippen LogP contribution in [0, 0.1) is 5.82 Å². The Hall–Kier alpha value is -3.97. The number of benzene rings is 2. The van der Waals surface area contributed by atoms with Crippen LogP contribution >= 0.6 is 0 Å². The molecule has 0 fully saturated rings. The Kier molecular flexibility index (Phi) is 4.93. The van der Waals surface area contributed by atoms with Crippen LogP contribution in [0.4, 0.5) is 4.39 Å². The maximum absolute atomic E-state index is 13.9. The Morgan fingerprint density at radius 2 is 1.87 bits per heavy atom. The van der Waals surface area contributed by atoms with Gasteiger partial charge in [-0.15, -0.1) is 0 Å². The molecule has 0 aliphatic carbocycles. The van der Waals surface area contributed by atoms with Gasteiger partial charge in [-0.1, -0.05) is 30.3 Å². The van der Waals surface area contributed by atoms with Crippen LogP contribution < -0.4 is 10.9 Å². The van der Waals surface area contributed by atoms with Gasteiger partial charge in [0.15, 0.2) is 0 Å². The second-order valence-electron chi connectivity index (χ2n) is 7.18. The van der Waals surface area contributed by atoms with Gasteiger partial charge in [-0.05, 0) is 42.5 Å². The topological polar surface area (TPSA) is 75.8 Å². The summed E-state index contributed by atoms with van der Waals surface area (Å²) in [6.45, 7) is 0.857. The number of nitrogens with zero attached hydrogens (tertiary/aromatic N) is 2. The van der Waals surface area contributed by atoms with Crippen LogP contribution in [0.25, 0.3) is 28.0 Å². The van der Waals surface area contributed by atoms with Gasteiger partial charge in [-0.2, -0.15) is 5.10 Å². The van der Waals surface area contributed by atoms with Gasteiger partial charge < -0.3 is 14.7 Å². The number of hydrogen-bond donors (Lipinski definition) is 2. The summed E-state index contributed by atoms with van der Waals surface area (Å²) in [5.74, 6) is 0.444. The molecule has 0 unspecified atom stereocenters. The van der Waals surface area contributed by atoms with E-state index in [0.29, 0.717) is 35.6 Å². The number of nitrogens with one attached hydrogen (secondary N) is 2. The summed E-state index contributed by atoms with van der Waals surface area (Å²) in [5.41, 5.74) is 2.95. The molecule has 0 radical (unpaired) electrons. The van der Waals surface area contributed by atoms with Crippen molar-refractivity contribution in [1.29, 1.82) is 0 Å². The largest absolute Gasteiger partial charge is 0.468 e. The molecule has 0 spiro atoms. The lowest BCUT2D eigenvalue weighted by Gasteiger charge is -2.05. The summed E-state index contributed by atoms with van der Waals surface area (Å²) in [6.07, 6.45) is 1.61. The van der Waals surface area contributed by atoms with E-state index in [2.05, 4.69) is 10.3 Å². The third-order valence-electron chi connectivity index (χ3n) is 5.06. The number of fused-ring (bicyclic) bond motifs is 1. The van der Waals surface area contributed by atoms with E-state index in [1.165, 1.54) is 12.1 Å². The molecule has 0 atom stereocenters. The fourth-order valence-corrected chi connectivity index (χ4v) is 3.58. The Labute approximate surface area is 177 Å². The van der Waals surface area contributed by atoms with E-state index in [9.17, 15) is 9.18 Å². The van der Waals surface area contributed by atoms with Gasteiger partial charge >= 0.3 is 0 Å². The van der Waals surface area contributed by atoms with Crippen LogP contribution in [0.1, 0.15) is 11.3 Å². The van der Waals surface area contributed by atoms with Gasteiger partial charge in [0.2, 0.25) is 0 Å². The first-order valence-corrected chi connectivity index (χ1v) is 9.88. The van der Waals surface area contributed by atoms with Crippen LogP contribution in [0.15, 0.2) is 88.3 Å². The van der Waals surface area contributed by atoms with Crippen molar-refractivity contribution in [3.05, 3.63) is 107 Å². The molecule has 154 valence electrons. The molecule has 5 aromatic rings. The fourth-order valence-electron chi connectivity index (χ4n) is 3.58. The third kappa shape index (κ3) is 3.78. The lowest BCUT2D eigenvalue weighted by Crippen LogP contribution is -2.21. The molecule has 0 saturated carbocycles. The van der Waals surface area contributed by atoms with Gasteiger partial charge in [-0.3, -0.25) is 4.79 Å². The molecule has 3 heterocycles. The first-order valence-electron chi connectivity index (χ1n) is 9.88. The average Bonchev–Trinajstić information content (AvgIpc) is 3.42. The highest BCUT2D eigenvalue weighted by Gasteiger charge is 2.17. The third-order valence-corrected chi connectivity index (χ3v) is 5.06. The van der Waals surface area contributed by atoms with Crippen LogP contribution in [-0.2, 0) is 13.1 Å². The average molecular weight is 414 g/mol. The molecular weight excluding hydrogens is 395 g/mol. The minimum Gasteiger partial charge on any atom is -0.468 e. The van der Waals surface area contributed by atoms with E-state index in [1.807, 2.05) is 48.5 Å². The van der Waals surface area contributed by atoms with E-state index in [-0.39, 0.29) is 11.4 Å². The minimum atomic E-state index is -0.343. The van der Waals surface area contributed by atoms with Crippen molar-refractivity contribution in [2.45, 2.75) is 13.1 Å². The zero-order valence-corrected chi connectivity index (χ0v) is 16.5. The summed E-state index contributed by atoms with van der Waals surface area (Å²) in [6, 6.07) is 21.3. The molecule has 0 saturated heterocycles. The highest BCUT2D eigenvalue weighted by Crippen LogP contribution is 2.29. The summed E-state index contributed by atoms with van der Waals surface area (Å²) >= 11 is 0. The molecule has 2 N–H and O–H groups in total. The number of para-hydroxylation sites is 1. The number of aromatic nitrogens is 3. The van der Waals surface area contributed by atoms with E-state index in [1.54, 1.807) is 23.1 Å². The lowest BCUT2D eigenvalue weighted by molar-refractivity contribution is 0.482. The minimum absolute atomic E-state index is 0.206. The Balaban J connectivity index is 1.61. The quantitative estimate of drug-likeness (QED) is 0.432. The second-order valence-corrected chi connectivity index (χ2v) is 7.18. The fraction of sp³-hybridized carbons (Fsp3) is 0.0833. The first kappa shape index (κ1) is 19.0. The van der Waals surface area contributed by atoms with Crippen LogP contribution in [-0.4, -0.2) is 14.8 Å². The number of furan rings is 1. The van der Waals surface area contributed by atoms with Crippen molar-refractivity contribution in [2.24, 2.45) is 0 Å². The molecule has 0 aliphatic rings. The van der Waals surface area contributed by atoms with E-state index in [0.717, 1.165) is 16.8 Å². The number of aromatic amines is 1. The van der Waals surface area contributed by atoms with Gasteiger partial charge in [0, 0.05) is 23.1 Å². The second kappa shape index (κ2) is 8.04. The highest BCUT2D eigenvalue weighted by molar-refractivity contribution is 5.92. The predicted molar refractivity (Wildman–Crippen MR) is 116 cm³/mol. The molecule has 2 aromatic carbocycles. The summed E-state index contributed by atoms with van der Waals surface area (Å²) < 4.78 is 20.9. The van der Waals surface area contributed by atoms with Gasteiger partial charge in [0.1, 0.15) is 22.9 Å². The number of halogens is 1. The normalized spacial score (nSPS) is 11.3. The lowest BCUT2D eigenvalue weighted by atomic mass is 10.1. The zero-order valence-electron chi connectivity index (χ0n) is 16.5. The van der Waals surface area contributed by atoms with E-state index in [4.69, 9.17) is 9.52 Å². The number of H-pyrrole nitrogens is 1. The van der Waals surface area contributed by atoms with Crippen LogP contribution in [0.2, 0.25) is 0 Å². The van der Waals surface area contributed by atoms with Gasteiger partial charge in [0.25, 0.3) is 5.56 Å². The van der Waals surface area contributed by atoms with Crippen molar-refractivity contribution in [1.82, 2.24) is 20.1 Å². The number of pyridine rings is 1. The Morgan fingerprint density at radius 3 is 2.65 bits per heavy atom. The summed E-state index contributed by atoms with van der Waals surface area (Å²) in [5, 5.41) is 8.67. The predicted octanol–water partition coefficient (Wildman–Crippen LogP) is 4.40. The van der Waals surface area contributed by atoms with Crippen molar-refractivity contribution in [3.8, 4) is 16.9 Å². The molecule has 6 nitrogen and oxygen atoms in total. The summed E-state index contributed by atoms with van der Waals surface area (Å²) in [4.78, 5) is 15.8. The summed E-state index contributed by atoms with van der Waals surface area (Å²) in [7, 11) is 0. The molecule has 3 aromatic heterocycles. The first-order chi connectivity index (χ1) is 15.2. The zero-order chi connectivity index (χ0) is 21.2. The number of hydrogen-bond acceptors (Lipinski definition) is 4. The van der Waals surface area contributed by atoms with Crippen molar-refractivity contribution < 1.29 is 8.81 Å². The van der Waals surface area contributed by atoms with Crippen molar-refractivity contribution in [2.75, 3.05) is 0 Å². The number of rotatable bonds is 6. The smallest absolute Gasteiger partial charge is 0.254 e. The van der Waals surface area contributed by atoms with Gasteiger partial charge in [-0.25, -0.2) is 9.07 Å². The van der Waals surface area contributed by atoms with Gasteiger partial charge in [0.05, 0.1) is 18.5 Å². The Morgan fingerprint density at radius 1 is 1.00 bits per heavy atom. The van der Waals surface area contributed by atoms with E-state index >= 15 is 0 Å². The standard InChI is InChI=1S/C24H19FN4O2/c25-18-7-4-6-16(12-18)22-21-13-17(14-26-15-20-10-5-11-31-20)24(30)27-23(21)29(28-22)19-8-2-1-3-9-19/h1-13,26H,14-15H2,(H,27,30).